The highest BCUT2D eigenvalue weighted by molar-refractivity contribution is 5.76. The number of quaternary nitrogens is 1. The van der Waals surface area contributed by atoms with Crippen LogP contribution in [-0.2, 0) is 17.4 Å². The van der Waals surface area contributed by atoms with Crippen LogP contribution in [0.2, 0.25) is 0 Å². The molecule has 2 aromatic rings. The Morgan fingerprint density at radius 1 is 1.19 bits per heavy atom. The van der Waals surface area contributed by atoms with Gasteiger partial charge in [-0.15, -0.1) is 0 Å². The first-order valence-corrected chi connectivity index (χ1v) is 8.39. The quantitative estimate of drug-likeness (QED) is 0.650. The highest BCUT2D eigenvalue weighted by Gasteiger charge is 2.42. The number of rotatable bonds is 4. The van der Waals surface area contributed by atoms with E-state index in [2.05, 4.69) is 5.32 Å². The van der Waals surface area contributed by atoms with Gasteiger partial charge in [-0.25, -0.2) is 0 Å². The fourth-order valence-corrected chi connectivity index (χ4v) is 3.37. The second-order valence-electron chi connectivity index (χ2n) is 6.35. The number of nitrogens with one attached hydrogen (secondary N) is 1. The first-order valence-electron chi connectivity index (χ1n) is 8.39. The number of nitrogens with zero attached hydrogens (tertiary/aromatic N) is 1. The van der Waals surface area contributed by atoms with Crippen molar-refractivity contribution in [2.75, 3.05) is 6.54 Å². The zero-order chi connectivity index (χ0) is 18.9. The van der Waals surface area contributed by atoms with Crippen molar-refractivity contribution in [3.05, 3.63) is 64.9 Å². The third-order valence-corrected chi connectivity index (χ3v) is 4.75. The van der Waals surface area contributed by atoms with Gasteiger partial charge in [-0.2, -0.15) is 13.2 Å². The van der Waals surface area contributed by atoms with Crippen molar-refractivity contribution in [2.45, 2.75) is 32.0 Å². The SMILES string of the molecule is CCC(=O)NCC1Cc2ccccc2[N+]1([O-])c1ccc(C(F)(F)F)cc1. The molecule has 0 spiro atoms. The Morgan fingerprint density at radius 3 is 2.46 bits per heavy atom. The number of hydrogen-bond acceptors (Lipinski definition) is 2. The molecule has 1 aliphatic heterocycles. The standard InChI is InChI=1S/C19H19F3N2O2/c1-2-18(25)23-12-16-11-13-5-3-4-6-17(13)24(16,26)15-9-7-14(8-10-15)19(20,21)22/h3-10,16H,2,11-12H2,1H3,(H,23,25). The second kappa shape index (κ2) is 6.74. The molecule has 0 bridgehead atoms. The monoisotopic (exact) mass is 364 g/mol. The summed E-state index contributed by atoms with van der Waals surface area (Å²) < 4.78 is 37.6. The van der Waals surface area contributed by atoms with Crippen LogP contribution in [0.15, 0.2) is 48.5 Å². The maximum absolute atomic E-state index is 13.8. The summed E-state index contributed by atoms with van der Waals surface area (Å²) in [4.78, 5) is 11.6. The van der Waals surface area contributed by atoms with Crippen LogP contribution in [0.25, 0.3) is 0 Å². The fraction of sp³-hybridized carbons (Fsp3) is 0.316. The van der Waals surface area contributed by atoms with Gasteiger partial charge in [0.2, 0.25) is 5.91 Å². The van der Waals surface area contributed by atoms with Crippen molar-refractivity contribution >= 4 is 17.3 Å². The average molecular weight is 364 g/mol. The van der Waals surface area contributed by atoms with Gasteiger partial charge in [0.15, 0.2) is 0 Å². The third-order valence-electron chi connectivity index (χ3n) is 4.75. The molecule has 0 radical (unpaired) electrons. The Balaban J connectivity index is 1.99. The molecule has 1 heterocycles. The number of carbonyl (C=O) groups is 1. The van der Waals surface area contributed by atoms with Crippen molar-refractivity contribution in [3.63, 3.8) is 0 Å². The number of halogens is 3. The lowest BCUT2D eigenvalue weighted by atomic mass is 10.1. The minimum atomic E-state index is -4.45. The second-order valence-corrected chi connectivity index (χ2v) is 6.35. The molecule has 0 fully saturated rings. The lowest BCUT2D eigenvalue weighted by Crippen LogP contribution is -2.50. The first-order chi connectivity index (χ1) is 12.3. The normalized spacial score (nSPS) is 22.1. The smallest absolute Gasteiger partial charge is 0.416 e. The maximum Gasteiger partial charge on any atom is 0.416 e. The van der Waals surface area contributed by atoms with Gasteiger partial charge in [-0.05, 0) is 12.1 Å². The number of alkyl halides is 3. The van der Waals surface area contributed by atoms with Gasteiger partial charge >= 0.3 is 6.18 Å². The van der Waals surface area contributed by atoms with Crippen LogP contribution in [0.1, 0.15) is 24.5 Å². The Hall–Kier alpha value is -2.38. The summed E-state index contributed by atoms with van der Waals surface area (Å²) in [5, 5.41) is 16.6. The molecule has 138 valence electrons. The van der Waals surface area contributed by atoms with E-state index in [1.165, 1.54) is 12.1 Å². The molecule has 0 saturated carbocycles. The summed E-state index contributed by atoms with van der Waals surface area (Å²) in [6, 6.07) is 10.9. The van der Waals surface area contributed by atoms with E-state index >= 15 is 0 Å². The van der Waals surface area contributed by atoms with Crippen LogP contribution in [0, 0.1) is 5.21 Å². The molecule has 2 unspecified atom stereocenters. The molecule has 0 saturated heterocycles. The van der Waals surface area contributed by atoms with Gasteiger partial charge in [0.25, 0.3) is 0 Å². The van der Waals surface area contributed by atoms with Crippen molar-refractivity contribution in [1.82, 2.24) is 9.96 Å². The first kappa shape index (κ1) is 18.4. The van der Waals surface area contributed by atoms with Gasteiger partial charge in [-0.3, -0.25) is 9.44 Å². The molecule has 2 atom stereocenters. The summed E-state index contributed by atoms with van der Waals surface area (Å²) >= 11 is 0. The number of carbonyl (C=O) groups excluding carboxylic acids is 1. The van der Waals surface area contributed by atoms with E-state index in [1.54, 1.807) is 19.1 Å². The van der Waals surface area contributed by atoms with E-state index in [9.17, 15) is 23.2 Å². The number of benzene rings is 2. The zero-order valence-electron chi connectivity index (χ0n) is 14.2. The topological polar surface area (TPSA) is 52.2 Å². The predicted molar refractivity (Wildman–Crippen MR) is 93.5 cm³/mol. The maximum atomic E-state index is 13.8. The van der Waals surface area contributed by atoms with Gasteiger partial charge in [0, 0.05) is 36.6 Å². The van der Waals surface area contributed by atoms with E-state index in [-0.39, 0.29) is 18.1 Å². The van der Waals surface area contributed by atoms with Crippen molar-refractivity contribution in [3.8, 4) is 0 Å². The predicted octanol–water partition coefficient (Wildman–Crippen LogP) is 4.29. The molecular weight excluding hydrogens is 345 g/mol. The molecular formula is C19H19F3N2O2. The van der Waals surface area contributed by atoms with E-state index in [0.717, 1.165) is 17.7 Å². The van der Waals surface area contributed by atoms with Crippen LogP contribution < -0.4 is 9.96 Å². The number of fused-ring (bicyclic) bond motifs is 1. The molecule has 0 aromatic heterocycles. The molecule has 1 amide bonds. The summed E-state index contributed by atoms with van der Waals surface area (Å²) in [5.41, 5.74) is 0.774. The molecule has 2 aromatic carbocycles. The van der Waals surface area contributed by atoms with Gasteiger partial charge in [0.1, 0.15) is 17.4 Å². The van der Waals surface area contributed by atoms with E-state index < -0.39 is 22.4 Å². The van der Waals surface area contributed by atoms with Crippen LogP contribution >= 0.6 is 0 Å². The van der Waals surface area contributed by atoms with Crippen molar-refractivity contribution in [1.29, 1.82) is 0 Å². The molecule has 3 rings (SSSR count). The van der Waals surface area contributed by atoms with Crippen LogP contribution in [0.3, 0.4) is 0 Å². The lowest BCUT2D eigenvalue weighted by Gasteiger charge is -2.43. The molecule has 1 aliphatic rings. The molecule has 4 nitrogen and oxygen atoms in total. The van der Waals surface area contributed by atoms with E-state index in [4.69, 9.17) is 0 Å². The minimum absolute atomic E-state index is 0.159. The minimum Gasteiger partial charge on any atom is -0.622 e. The lowest BCUT2D eigenvalue weighted by molar-refractivity contribution is -0.137. The highest BCUT2D eigenvalue weighted by atomic mass is 19.4. The van der Waals surface area contributed by atoms with Gasteiger partial charge < -0.3 is 10.5 Å². The zero-order valence-corrected chi connectivity index (χ0v) is 14.2. The molecule has 0 aliphatic carbocycles. The van der Waals surface area contributed by atoms with Crippen LogP contribution in [0.4, 0.5) is 24.5 Å². The molecule has 26 heavy (non-hydrogen) atoms. The van der Waals surface area contributed by atoms with Crippen molar-refractivity contribution < 1.29 is 18.0 Å². The average Bonchev–Trinajstić information content (AvgIpc) is 2.92. The fourth-order valence-electron chi connectivity index (χ4n) is 3.37. The highest BCUT2D eigenvalue weighted by Crippen LogP contribution is 2.45. The van der Waals surface area contributed by atoms with Crippen LogP contribution in [0.5, 0.6) is 0 Å². The Bertz CT molecular complexity index is 805. The Labute approximate surface area is 149 Å². The summed E-state index contributed by atoms with van der Waals surface area (Å²) in [6.45, 7) is 1.87. The van der Waals surface area contributed by atoms with Crippen molar-refractivity contribution in [2.24, 2.45) is 0 Å². The Kier molecular flexibility index (Phi) is 4.77. The van der Waals surface area contributed by atoms with Gasteiger partial charge in [0.05, 0.1) is 12.1 Å². The largest absolute Gasteiger partial charge is 0.622 e. The number of amides is 1. The number of para-hydroxylation sites is 1. The summed E-state index contributed by atoms with van der Waals surface area (Å²) in [6.07, 6.45) is -3.70. The van der Waals surface area contributed by atoms with Gasteiger partial charge in [-0.1, -0.05) is 25.1 Å². The summed E-state index contributed by atoms with van der Waals surface area (Å²) in [5.74, 6) is -0.167. The molecule has 1 N–H and O–H groups in total. The Morgan fingerprint density at radius 2 is 1.85 bits per heavy atom. The summed E-state index contributed by atoms with van der Waals surface area (Å²) in [7, 11) is 0. The van der Waals surface area contributed by atoms with E-state index in [0.29, 0.717) is 18.5 Å². The third kappa shape index (κ3) is 3.20. The number of hydroxylamine groups is 1. The molecule has 7 heteroatoms. The number of hydrogen-bond donors (Lipinski definition) is 1. The van der Waals surface area contributed by atoms with E-state index in [1.807, 2.05) is 12.1 Å². The van der Waals surface area contributed by atoms with Crippen LogP contribution in [-0.4, -0.2) is 18.5 Å².